The molecule has 148 valence electrons. The Labute approximate surface area is 163 Å². The second kappa shape index (κ2) is 9.55. The Bertz CT molecular complexity index is 858. The van der Waals surface area contributed by atoms with Crippen LogP contribution in [0.2, 0.25) is 0 Å². The Hall–Kier alpha value is -3.35. The van der Waals surface area contributed by atoms with Crippen molar-refractivity contribution in [3.8, 4) is 11.5 Å². The minimum absolute atomic E-state index is 0.0876. The fraction of sp³-hybridized carbons (Fsp3) is 0.286. The fourth-order valence-electron chi connectivity index (χ4n) is 2.42. The predicted molar refractivity (Wildman–Crippen MR) is 104 cm³/mol. The van der Waals surface area contributed by atoms with E-state index in [-0.39, 0.29) is 23.1 Å². The molecule has 2 N–H and O–H groups in total. The topological polar surface area (TPSA) is 102 Å². The quantitative estimate of drug-likeness (QED) is 0.533. The normalized spacial score (nSPS) is 10.4. The van der Waals surface area contributed by atoms with Gasteiger partial charge in [-0.25, -0.2) is 4.79 Å². The number of nitrogens with one attached hydrogen (secondary N) is 1. The van der Waals surface area contributed by atoms with Crippen LogP contribution >= 0.6 is 0 Å². The maximum absolute atomic E-state index is 12.2. The zero-order valence-electron chi connectivity index (χ0n) is 16.0. The van der Waals surface area contributed by atoms with Crippen molar-refractivity contribution in [1.82, 2.24) is 0 Å². The fourth-order valence-corrected chi connectivity index (χ4v) is 2.42. The summed E-state index contributed by atoms with van der Waals surface area (Å²) >= 11 is 0. The summed E-state index contributed by atoms with van der Waals surface area (Å²) in [5.74, 6) is -0.968. The number of amides is 1. The van der Waals surface area contributed by atoms with Gasteiger partial charge in [0.1, 0.15) is 17.1 Å². The van der Waals surface area contributed by atoms with E-state index < -0.39 is 18.4 Å². The highest BCUT2D eigenvalue weighted by Crippen LogP contribution is 2.23. The van der Waals surface area contributed by atoms with E-state index in [1.165, 1.54) is 25.3 Å². The molecule has 28 heavy (non-hydrogen) atoms. The molecule has 7 heteroatoms. The number of hydrogen-bond acceptors (Lipinski definition) is 6. The third-order valence-corrected chi connectivity index (χ3v) is 3.84. The number of carbonyl (C=O) groups is 3. The number of methoxy groups -OCH3 is 1. The van der Waals surface area contributed by atoms with Gasteiger partial charge in [-0.15, -0.1) is 0 Å². The average molecular weight is 385 g/mol. The molecule has 0 radical (unpaired) electrons. The number of benzene rings is 2. The van der Waals surface area contributed by atoms with E-state index in [4.69, 9.17) is 9.47 Å². The highest BCUT2D eigenvalue weighted by molar-refractivity contribution is 6.00. The maximum atomic E-state index is 12.2. The molecule has 0 aliphatic rings. The van der Waals surface area contributed by atoms with E-state index in [9.17, 15) is 19.5 Å². The van der Waals surface area contributed by atoms with Crippen LogP contribution in [0.15, 0.2) is 42.5 Å². The molecule has 0 saturated carbocycles. The number of esters is 1. The van der Waals surface area contributed by atoms with Gasteiger partial charge < -0.3 is 19.9 Å². The maximum Gasteiger partial charge on any atom is 0.342 e. The Morgan fingerprint density at radius 2 is 1.75 bits per heavy atom. The van der Waals surface area contributed by atoms with Crippen LogP contribution in [0.1, 0.15) is 41.0 Å². The summed E-state index contributed by atoms with van der Waals surface area (Å²) in [6.45, 7) is 3.43. The van der Waals surface area contributed by atoms with Gasteiger partial charge >= 0.3 is 5.97 Å². The zero-order valence-corrected chi connectivity index (χ0v) is 16.0. The van der Waals surface area contributed by atoms with Crippen molar-refractivity contribution in [3.05, 3.63) is 53.6 Å². The van der Waals surface area contributed by atoms with Gasteiger partial charge in [0, 0.05) is 17.7 Å². The van der Waals surface area contributed by atoms with Gasteiger partial charge in [-0.05, 0) is 48.4 Å². The molecule has 0 unspecified atom stereocenters. The molecule has 0 aromatic heterocycles. The van der Waals surface area contributed by atoms with Gasteiger partial charge in [-0.3, -0.25) is 9.59 Å². The second-order valence-electron chi connectivity index (χ2n) is 6.61. The smallest absolute Gasteiger partial charge is 0.342 e. The van der Waals surface area contributed by atoms with E-state index >= 15 is 0 Å². The number of aromatic hydroxyl groups is 1. The van der Waals surface area contributed by atoms with Gasteiger partial charge in [-0.2, -0.15) is 0 Å². The van der Waals surface area contributed by atoms with Crippen LogP contribution in [0.25, 0.3) is 0 Å². The van der Waals surface area contributed by atoms with Gasteiger partial charge in [0.25, 0.3) is 0 Å². The van der Waals surface area contributed by atoms with E-state index in [1.807, 2.05) is 13.8 Å². The van der Waals surface area contributed by atoms with Crippen LogP contribution in [0.4, 0.5) is 5.69 Å². The predicted octanol–water partition coefficient (Wildman–Crippen LogP) is 3.43. The number of hydrogen-bond donors (Lipinski definition) is 2. The molecule has 2 aromatic rings. The molecule has 2 aromatic carbocycles. The van der Waals surface area contributed by atoms with E-state index in [0.29, 0.717) is 23.4 Å². The highest BCUT2D eigenvalue weighted by Gasteiger charge is 2.16. The largest absolute Gasteiger partial charge is 0.507 e. The summed E-state index contributed by atoms with van der Waals surface area (Å²) in [4.78, 5) is 36.1. The number of ether oxygens (including phenoxy) is 2. The van der Waals surface area contributed by atoms with Crippen molar-refractivity contribution < 1.29 is 29.0 Å². The van der Waals surface area contributed by atoms with Crippen LogP contribution in [0.3, 0.4) is 0 Å². The lowest BCUT2D eigenvalue weighted by atomic mass is 10.1. The van der Waals surface area contributed by atoms with Crippen LogP contribution in [0, 0.1) is 5.92 Å². The van der Waals surface area contributed by atoms with Gasteiger partial charge in [0.05, 0.1) is 7.11 Å². The Morgan fingerprint density at radius 3 is 2.36 bits per heavy atom. The summed E-state index contributed by atoms with van der Waals surface area (Å²) in [5.41, 5.74) is 0.834. The van der Waals surface area contributed by atoms with Crippen molar-refractivity contribution in [3.63, 3.8) is 0 Å². The standard InChI is InChI=1S/C21H23NO6/c1-13(2)10-20(25)22-15-6-4-14(5-7-15)19(24)12-28-21(26)17-11-16(27-3)8-9-18(17)23/h4-9,11,13,23H,10,12H2,1-3H3,(H,22,25). The van der Waals surface area contributed by atoms with E-state index in [2.05, 4.69) is 5.32 Å². The third kappa shape index (κ3) is 5.84. The summed E-state index contributed by atoms with van der Waals surface area (Å²) in [7, 11) is 1.43. The summed E-state index contributed by atoms with van der Waals surface area (Å²) in [6, 6.07) is 10.5. The van der Waals surface area contributed by atoms with Crippen molar-refractivity contribution in [2.24, 2.45) is 5.92 Å². The second-order valence-corrected chi connectivity index (χ2v) is 6.61. The number of Topliss-reactive ketones (excluding diaryl/α,β-unsaturated/α-hetero) is 1. The molecule has 0 bridgehead atoms. The molecular formula is C21H23NO6. The first-order chi connectivity index (χ1) is 13.3. The highest BCUT2D eigenvalue weighted by atomic mass is 16.5. The number of rotatable bonds is 8. The first-order valence-electron chi connectivity index (χ1n) is 8.77. The molecule has 2 rings (SSSR count). The molecule has 1 amide bonds. The monoisotopic (exact) mass is 385 g/mol. The van der Waals surface area contributed by atoms with Gasteiger partial charge in [0.15, 0.2) is 12.4 Å². The molecular weight excluding hydrogens is 362 g/mol. The minimum Gasteiger partial charge on any atom is -0.507 e. The molecule has 7 nitrogen and oxygen atoms in total. The lowest BCUT2D eigenvalue weighted by Crippen LogP contribution is -2.15. The van der Waals surface area contributed by atoms with Gasteiger partial charge in [-0.1, -0.05) is 13.8 Å². The average Bonchev–Trinajstić information content (AvgIpc) is 2.66. The Kier molecular flexibility index (Phi) is 7.14. The first-order valence-corrected chi connectivity index (χ1v) is 8.77. The lowest BCUT2D eigenvalue weighted by Gasteiger charge is -2.09. The van der Waals surface area contributed by atoms with Crippen LogP contribution in [-0.4, -0.2) is 36.5 Å². The van der Waals surface area contributed by atoms with Gasteiger partial charge in [0.2, 0.25) is 5.91 Å². The van der Waals surface area contributed by atoms with E-state index in [0.717, 1.165) is 0 Å². The molecule has 0 fully saturated rings. The number of ketones is 1. The Morgan fingerprint density at radius 1 is 1.07 bits per heavy atom. The molecule has 0 heterocycles. The molecule has 0 aliphatic carbocycles. The van der Waals surface area contributed by atoms with Crippen molar-refractivity contribution in [1.29, 1.82) is 0 Å². The van der Waals surface area contributed by atoms with Crippen molar-refractivity contribution in [2.45, 2.75) is 20.3 Å². The minimum atomic E-state index is -0.831. The zero-order chi connectivity index (χ0) is 20.7. The first kappa shape index (κ1) is 21.0. The number of phenols is 1. The van der Waals surface area contributed by atoms with E-state index in [1.54, 1.807) is 24.3 Å². The number of anilines is 1. The lowest BCUT2D eigenvalue weighted by molar-refractivity contribution is -0.116. The Balaban J connectivity index is 1.94. The number of phenolic OH excluding ortho intramolecular Hbond substituents is 1. The van der Waals surface area contributed by atoms with Crippen LogP contribution < -0.4 is 10.1 Å². The molecule has 0 spiro atoms. The molecule has 0 aliphatic heterocycles. The van der Waals surface area contributed by atoms with Crippen molar-refractivity contribution >= 4 is 23.3 Å². The van der Waals surface area contributed by atoms with Crippen LogP contribution in [-0.2, 0) is 9.53 Å². The number of carbonyl (C=O) groups excluding carboxylic acids is 3. The van der Waals surface area contributed by atoms with Crippen molar-refractivity contribution in [2.75, 3.05) is 19.0 Å². The third-order valence-electron chi connectivity index (χ3n) is 3.84. The summed E-state index contributed by atoms with van der Waals surface area (Å²) < 4.78 is 9.99. The summed E-state index contributed by atoms with van der Waals surface area (Å²) in [6.07, 6.45) is 0.410. The summed E-state index contributed by atoms with van der Waals surface area (Å²) in [5, 5.41) is 12.5. The SMILES string of the molecule is COc1ccc(O)c(C(=O)OCC(=O)c2ccc(NC(=O)CC(C)C)cc2)c1. The molecule has 0 saturated heterocycles. The molecule has 0 atom stereocenters. The van der Waals surface area contributed by atoms with Crippen LogP contribution in [0.5, 0.6) is 11.5 Å².